The highest BCUT2D eigenvalue weighted by Crippen LogP contribution is 2.30. The number of carbonyl (C=O) groups excluding carboxylic acids is 1. The van der Waals surface area contributed by atoms with Gasteiger partial charge in [0.1, 0.15) is 6.04 Å². The summed E-state index contributed by atoms with van der Waals surface area (Å²) in [7, 11) is -3.69. The minimum atomic E-state index is -3.69. The summed E-state index contributed by atoms with van der Waals surface area (Å²) in [5.74, 6) is -0.169. The molecule has 0 spiro atoms. The molecule has 2 heterocycles. The second-order valence-electron chi connectivity index (χ2n) is 7.20. The Kier molecular flexibility index (Phi) is 6.71. The second kappa shape index (κ2) is 8.25. The first kappa shape index (κ1) is 21.2. The molecule has 2 atom stereocenters. The van der Waals surface area contributed by atoms with Crippen LogP contribution in [-0.2, 0) is 14.8 Å². The van der Waals surface area contributed by atoms with E-state index in [9.17, 15) is 13.2 Å². The van der Waals surface area contributed by atoms with Gasteiger partial charge in [-0.1, -0.05) is 17.7 Å². The minimum absolute atomic E-state index is 0. The van der Waals surface area contributed by atoms with Crippen LogP contribution >= 0.6 is 12.4 Å². The highest BCUT2D eigenvalue weighted by Gasteiger charge is 2.41. The van der Waals surface area contributed by atoms with Crippen molar-refractivity contribution in [2.24, 2.45) is 0 Å². The molecule has 3 rings (SSSR count). The molecule has 2 unspecified atom stereocenters. The number of aryl methyl sites for hydroxylation is 3. The van der Waals surface area contributed by atoms with Gasteiger partial charge in [0.15, 0.2) is 0 Å². The number of carbonyl (C=O) groups is 1. The lowest BCUT2D eigenvalue weighted by molar-refractivity contribution is -0.124. The summed E-state index contributed by atoms with van der Waals surface area (Å²) < 4.78 is 27.9. The van der Waals surface area contributed by atoms with Gasteiger partial charge in [-0.2, -0.15) is 4.31 Å². The molecule has 2 aliphatic heterocycles. The Balaban J connectivity index is 0.00000243. The number of halogens is 1. The Morgan fingerprint density at radius 1 is 1.19 bits per heavy atom. The molecule has 1 amide bonds. The topological polar surface area (TPSA) is 78.5 Å². The van der Waals surface area contributed by atoms with Gasteiger partial charge in [0.2, 0.25) is 15.9 Å². The van der Waals surface area contributed by atoms with Gasteiger partial charge in [-0.15, -0.1) is 12.4 Å². The number of rotatable bonds is 4. The van der Waals surface area contributed by atoms with Crippen LogP contribution in [-0.4, -0.2) is 50.3 Å². The van der Waals surface area contributed by atoms with Gasteiger partial charge < -0.3 is 10.6 Å². The summed E-state index contributed by atoms with van der Waals surface area (Å²) in [6.45, 7) is 7.64. The fourth-order valence-electron chi connectivity index (χ4n) is 4.06. The average molecular weight is 402 g/mol. The maximum absolute atomic E-state index is 13.3. The van der Waals surface area contributed by atoms with Crippen molar-refractivity contribution in [1.29, 1.82) is 0 Å². The Hall–Kier alpha value is -1.15. The van der Waals surface area contributed by atoms with Gasteiger partial charge in [0, 0.05) is 19.1 Å². The predicted molar refractivity (Wildman–Crippen MR) is 104 cm³/mol. The lowest BCUT2D eigenvalue weighted by atomic mass is 10.1. The van der Waals surface area contributed by atoms with E-state index in [0.29, 0.717) is 24.3 Å². The van der Waals surface area contributed by atoms with Crippen LogP contribution < -0.4 is 10.6 Å². The van der Waals surface area contributed by atoms with E-state index >= 15 is 0 Å². The van der Waals surface area contributed by atoms with Crippen LogP contribution in [0.25, 0.3) is 0 Å². The monoisotopic (exact) mass is 401 g/mol. The van der Waals surface area contributed by atoms with Crippen LogP contribution in [0.15, 0.2) is 17.0 Å². The quantitative estimate of drug-likeness (QED) is 0.804. The number of nitrogens with one attached hydrogen (secondary N) is 2. The Morgan fingerprint density at radius 3 is 2.42 bits per heavy atom. The Morgan fingerprint density at radius 2 is 1.85 bits per heavy atom. The molecule has 2 fully saturated rings. The van der Waals surface area contributed by atoms with Crippen LogP contribution in [0.3, 0.4) is 0 Å². The number of amides is 1. The molecule has 0 aromatic heterocycles. The summed E-state index contributed by atoms with van der Waals surface area (Å²) in [6.07, 6.45) is 2.18. The first-order chi connectivity index (χ1) is 11.8. The zero-order chi connectivity index (χ0) is 18.2. The molecule has 6 nitrogen and oxygen atoms in total. The highest BCUT2D eigenvalue weighted by molar-refractivity contribution is 7.89. The van der Waals surface area contributed by atoms with E-state index in [1.54, 1.807) is 0 Å². The van der Waals surface area contributed by atoms with Crippen molar-refractivity contribution in [3.05, 3.63) is 28.8 Å². The third kappa shape index (κ3) is 4.06. The molecule has 0 saturated carbocycles. The van der Waals surface area contributed by atoms with E-state index in [-0.39, 0.29) is 24.4 Å². The number of nitrogens with zero attached hydrogens (tertiary/aromatic N) is 1. The predicted octanol–water partition coefficient (Wildman–Crippen LogP) is 1.66. The number of benzene rings is 1. The lowest BCUT2D eigenvalue weighted by Gasteiger charge is -2.26. The van der Waals surface area contributed by atoms with E-state index < -0.39 is 16.1 Å². The first-order valence-electron chi connectivity index (χ1n) is 8.91. The van der Waals surface area contributed by atoms with Crippen LogP contribution in [0.5, 0.6) is 0 Å². The Bertz CT molecular complexity index is 753. The molecule has 0 radical (unpaired) electrons. The molecule has 0 bridgehead atoms. The fourth-order valence-corrected chi connectivity index (χ4v) is 6.13. The maximum Gasteiger partial charge on any atom is 0.244 e. The summed E-state index contributed by atoms with van der Waals surface area (Å²) in [5, 5.41) is 6.21. The molecular weight excluding hydrogens is 374 g/mol. The van der Waals surface area contributed by atoms with Gasteiger partial charge in [0.25, 0.3) is 0 Å². The molecule has 0 aliphatic carbocycles. The van der Waals surface area contributed by atoms with E-state index in [0.717, 1.165) is 36.2 Å². The summed E-state index contributed by atoms with van der Waals surface area (Å²) >= 11 is 0. The molecule has 1 aromatic rings. The number of hydrogen-bond acceptors (Lipinski definition) is 4. The molecule has 2 saturated heterocycles. The highest BCUT2D eigenvalue weighted by atomic mass is 35.5. The molecule has 2 N–H and O–H groups in total. The van der Waals surface area contributed by atoms with E-state index in [4.69, 9.17) is 0 Å². The Labute approximate surface area is 162 Å². The molecule has 146 valence electrons. The van der Waals surface area contributed by atoms with E-state index in [2.05, 4.69) is 10.6 Å². The smallest absolute Gasteiger partial charge is 0.244 e. The second-order valence-corrected chi connectivity index (χ2v) is 9.03. The van der Waals surface area contributed by atoms with Crippen molar-refractivity contribution in [3.63, 3.8) is 0 Å². The van der Waals surface area contributed by atoms with Gasteiger partial charge in [-0.05, 0) is 57.7 Å². The lowest BCUT2D eigenvalue weighted by Crippen LogP contribution is -2.49. The van der Waals surface area contributed by atoms with Crippen molar-refractivity contribution < 1.29 is 13.2 Å². The van der Waals surface area contributed by atoms with Gasteiger partial charge in [-0.3, -0.25) is 4.79 Å². The van der Waals surface area contributed by atoms with Crippen molar-refractivity contribution in [2.75, 3.05) is 19.6 Å². The molecular formula is C18H28ClN3O3S. The van der Waals surface area contributed by atoms with E-state index in [1.165, 1.54) is 4.31 Å². The fraction of sp³-hybridized carbons (Fsp3) is 0.611. The largest absolute Gasteiger partial charge is 0.351 e. The zero-order valence-electron chi connectivity index (χ0n) is 15.5. The summed E-state index contributed by atoms with van der Waals surface area (Å²) in [5.41, 5.74) is 2.52. The van der Waals surface area contributed by atoms with Crippen molar-refractivity contribution >= 4 is 28.3 Å². The van der Waals surface area contributed by atoms with Crippen LogP contribution in [0.1, 0.15) is 36.0 Å². The van der Waals surface area contributed by atoms with Crippen LogP contribution in [0.4, 0.5) is 0 Å². The van der Waals surface area contributed by atoms with Crippen LogP contribution in [0, 0.1) is 20.8 Å². The number of hydrogen-bond donors (Lipinski definition) is 2. The molecule has 1 aromatic carbocycles. The van der Waals surface area contributed by atoms with Crippen molar-refractivity contribution in [3.8, 4) is 0 Å². The normalized spacial score (nSPS) is 23.7. The maximum atomic E-state index is 13.3. The van der Waals surface area contributed by atoms with Crippen LogP contribution in [0.2, 0.25) is 0 Å². The van der Waals surface area contributed by atoms with Gasteiger partial charge in [0.05, 0.1) is 4.90 Å². The van der Waals surface area contributed by atoms with Gasteiger partial charge in [-0.25, -0.2) is 8.42 Å². The van der Waals surface area contributed by atoms with Gasteiger partial charge >= 0.3 is 0 Å². The number of sulfonamides is 1. The average Bonchev–Trinajstić information content (AvgIpc) is 3.16. The standard InChI is InChI=1S/C18H27N3O3S.ClH/c1-12-9-13(2)17(14(3)10-12)25(23,24)21-8-4-5-16(21)18(22)20-15-6-7-19-11-15;/h9-10,15-16,19H,4-8,11H2,1-3H3,(H,20,22);1H. The summed E-state index contributed by atoms with van der Waals surface area (Å²) in [6, 6.07) is 3.26. The first-order valence-corrected chi connectivity index (χ1v) is 10.4. The molecule has 26 heavy (non-hydrogen) atoms. The summed E-state index contributed by atoms with van der Waals surface area (Å²) in [4.78, 5) is 13.0. The third-order valence-electron chi connectivity index (χ3n) is 5.08. The van der Waals surface area contributed by atoms with Crippen molar-refractivity contribution in [2.45, 2.75) is 57.0 Å². The minimum Gasteiger partial charge on any atom is -0.351 e. The molecule has 8 heteroatoms. The molecule has 2 aliphatic rings. The van der Waals surface area contributed by atoms with Crippen molar-refractivity contribution in [1.82, 2.24) is 14.9 Å². The van der Waals surface area contributed by atoms with E-state index in [1.807, 2.05) is 32.9 Å². The zero-order valence-corrected chi connectivity index (χ0v) is 17.2. The SMILES string of the molecule is Cc1cc(C)c(S(=O)(=O)N2CCCC2C(=O)NC2CCNC2)c(C)c1.Cl. The third-order valence-corrected chi connectivity index (χ3v) is 7.30.